The highest BCUT2D eigenvalue weighted by molar-refractivity contribution is 6.18. The summed E-state index contributed by atoms with van der Waals surface area (Å²) in [5.74, 6) is -8.14. The number of carbonyl (C=O) groups is 4. The summed E-state index contributed by atoms with van der Waals surface area (Å²) in [5, 5.41) is 34.9. The molecule has 0 aliphatic heterocycles. The number of hydrogen-bond acceptors (Lipinski definition) is 4. The van der Waals surface area contributed by atoms with E-state index in [1.165, 1.54) is 0 Å². The summed E-state index contributed by atoms with van der Waals surface area (Å²) in [6.07, 6.45) is 1.08. The van der Waals surface area contributed by atoms with Gasteiger partial charge in [-0.25, -0.2) is 0 Å². The Bertz CT molecular complexity index is 363. The topological polar surface area (TPSA) is 149 Å². The lowest BCUT2D eigenvalue weighted by Crippen LogP contribution is -2.63. The van der Waals surface area contributed by atoms with Crippen LogP contribution in [-0.4, -0.2) is 44.3 Å². The van der Waals surface area contributed by atoms with Crippen molar-refractivity contribution >= 4 is 23.9 Å². The van der Waals surface area contributed by atoms with Crippen LogP contribution in [-0.2, 0) is 19.2 Å². The predicted molar refractivity (Wildman–Crippen MR) is 44.5 cm³/mol. The van der Waals surface area contributed by atoms with Gasteiger partial charge in [0.1, 0.15) is 0 Å². The highest BCUT2D eigenvalue weighted by atomic mass is 16.4. The summed E-state index contributed by atoms with van der Waals surface area (Å²) in [6, 6.07) is 0. The van der Waals surface area contributed by atoms with Gasteiger partial charge in [0.2, 0.25) is 10.8 Å². The van der Waals surface area contributed by atoms with Crippen molar-refractivity contribution in [2.24, 2.45) is 10.8 Å². The van der Waals surface area contributed by atoms with Gasteiger partial charge in [-0.1, -0.05) is 12.2 Å². The first-order valence-electron chi connectivity index (χ1n) is 3.87. The minimum Gasteiger partial charge on any atom is -0.480 e. The van der Waals surface area contributed by atoms with Crippen molar-refractivity contribution in [3.63, 3.8) is 0 Å². The number of hydrogen-bond donors (Lipinski definition) is 4. The van der Waals surface area contributed by atoms with E-state index in [1.807, 2.05) is 0 Å². The van der Waals surface area contributed by atoms with Crippen LogP contribution < -0.4 is 0 Å². The summed E-state index contributed by atoms with van der Waals surface area (Å²) in [6.45, 7) is 0. The molecule has 1 aliphatic carbocycles. The summed E-state index contributed by atoms with van der Waals surface area (Å²) in [4.78, 5) is 43.2. The highest BCUT2D eigenvalue weighted by Gasteiger charge is 2.74. The van der Waals surface area contributed by atoms with Crippen LogP contribution in [0, 0.1) is 10.8 Å². The Morgan fingerprint density at radius 3 is 0.875 bits per heavy atom. The Hall–Kier alpha value is -2.38. The molecule has 0 unspecified atom stereocenters. The molecule has 86 valence electrons. The van der Waals surface area contributed by atoms with Gasteiger partial charge in [0.15, 0.2) is 0 Å². The predicted octanol–water partition coefficient (Wildman–Crippen LogP) is -1.13. The second-order valence-corrected chi connectivity index (χ2v) is 3.17. The first-order valence-corrected chi connectivity index (χ1v) is 3.87. The Morgan fingerprint density at radius 1 is 0.625 bits per heavy atom. The standard InChI is InChI=1S/C8H6O8/c9-3(10)7(4(11)12)1-2-8(7,5(13)14)6(15)16/h1-2H,(H,9,10)(H,11,12)(H,13,14)(H,15,16). The molecule has 8 heteroatoms. The van der Waals surface area contributed by atoms with Crippen LogP contribution in [0.1, 0.15) is 0 Å². The van der Waals surface area contributed by atoms with E-state index >= 15 is 0 Å². The third-order valence-corrected chi connectivity index (χ3v) is 2.55. The molecule has 0 bridgehead atoms. The summed E-state index contributed by atoms with van der Waals surface area (Å²) < 4.78 is 0. The first-order chi connectivity index (χ1) is 7.23. The van der Waals surface area contributed by atoms with Crippen LogP contribution in [0.4, 0.5) is 0 Å². The zero-order valence-corrected chi connectivity index (χ0v) is 7.58. The van der Waals surface area contributed by atoms with Crippen molar-refractivity contribution in [3.05, 3.63) is 12.2 Å². The molecule has 1 rings (SSSR count). The largest absolute Gasteiger partial charge is 0.480 e. The Kier molecular flexibility index (Phi) is 2.23. The molecule has 0 fully saturated rings. The molecule has 1 aliphatic rings. The van der Waals surface area contributed by atoms with Crippen molar-refractivity contribution in [2.45, 2.75) is 0 Å². The zero-order valence-electron chi connectivity index (χ0n) is 7.58. The molecule has 0 heterocycles. The van der Waals surface area contributed by atoms with Gasteiger partial charge in [-0.15, -0.1) is 0 Å². The maximum Gasteiger partial charge on any atom is 0.327 e. The van der Waals surface area contributed by atoms with Crippen LogP contribution in [0.2, 0.25) is 0 Å². The molecule has 16 heavy (non-hydrogen) atoms. The van der Waals surface area contributed by atoms with Crippen LogP contribution in [0.25, 0.3) is 0 Å². The molecule has 0 aromatic heterocycles. The summed E-state index contributed by atoms with van der Waals surface area (Å²) in [7, 11) is 0. The molecular weight excluding hydrogens is 224 g/mol. The summed E-state index contributed by atoms with van der Waals surface area (Å²) in [5.41, 5.74) is -5.94. The highest BCUT2D eigenvalue weighted by Crippen LogP contribution is 2.51. The maximum atomic E-state index is 10.8. The lowest BCUT2D eigenvalue weighted by Gasteiger charge is -2.40. The van der Waals surface area contributed by atoms with E-state index in [4.69, 9.17) is 20.4 Å². The van der Waals surface area contributed by atoms with Gasteiger partial charge in [-0.3, -0.25) is 19.2 Å². The van der Waals surface area contributed by atoms with Gasteiger partial charge < -0.3 is 20.4 Å². The monoisotopic (exact) mass is 230 g/mol. The van der Waals surface area contributed by atoms with E-state index in [0.29, 0.717) is 12.2 Å². The minimum atomic E-state index is -2.97. The van der Waals surface area contributed by atoms with E-state index in [1.54, 1.807) is 0 Å². The van der Waals surface area contributed by atoms with Crippen LogP contribution in [0.15, 0.2) is 12.2 Å². The van der Waals surface area contributed by atoms with Crippen molar-refractivity contribution in [2.75, 3.05) is 0 Å². The number of carboxylic acid groups (broad SMARTS) is 4. The fourth-order valence-corrected chi connectivity index (χ4v) is 1.56. The van der Waals surface area contributed by atoms with Gasteiger partial charge in [0.25, 0.3) is 0 Å². The van der Waals surface area contributed by atoms with E-state index in [2.05, 4.69) is 0 Å². The fraction of sp³-hybridized carbons (Fsp3) is 0.250. The molecule has 0 aromatic carbocycles. The van der Waals surface area contributed by atoms with Gasteiger partial charge in [-0.05, 0) is 0 Å². The molecule has 0 aromatic rings. The second kappa shape index (κ2) is 3.05. The van der Waals surface area contributed by atoms with Crippen molar-refractivity contribution in [1.29, 1.82) is 0 Å². The van der Waals surface area contributed by atoms with Gasteiger partial charge >= 0.3 is 23.9 Å². The quantitative estimate of drug-likeness (QED) is 0.350. The Labute approximate surface area is 87.4 Å². The fourth-order valence-electron chi connectivity index (χ4n) is 1.56. The summed E-state index contributed by atoms with van der Waals surface area (Å²) >= 11 is 0. The zero-order chi connectivity index (χ0) is 12.7. The molecule has 0 radical (unpaired) electrons. The Balaban J connectivity index is 3.53. The third kappa shape index (κ3) is 0.926. The lowest BCUT2D eigenvalue weighted by molar-refractivity contribution is -0.189. The molecule has 0 saturated heterocycles. The Morgan fingerprint density at radius 2 is 0.812 bits per heavy atom. The molecule has 0 spiro atoms. The van der Waals surface area contributed by atoms with Crippen molar-refractivity contribution in [3.8, 4) is 0 Å². The van der Waals surface area contributed by atoms with Crippen LogP contribution in [0.3, 0.4) is 0 Å². The van der Waals surface area contributed by atoms with Crippen molar-refractivity contribution in [1.82, 2.24) is 0 Å². The molecule has 0 atom stereocenters. The van der Waals surface area contributed by atoms with Crippen LogP contribution in [0.5, 0.6) is 0 Å². The molecule has 0 amide bonds. The van der Waals surface area contributed by atoms with Gasteiger partial charge in [-0.2, -0.15) is 0 Å². The second-order valence-electron chi connectivity index (χ2n) is 3.17. The number of rotatable bonds is 4. The number of carboxylic acids is 4. The maximum absolute atomic E-state index is 10.8. The van der Waals surface area contributed by atoms with Gasteiger partial charge in [0, 0.05) is 0 Å². The SMILES string of the molecule is O=C(O)C1(C(=O)O)C=CC1(C(=O)O)C(=O)O. The normalized spacial score (nSPS) is 19.5. The van der Waals surface area contributed by atoms with E-state index in [0.717, 1.165) is 0 Å². The van der Waals surface area contributed by atoms with E-state index in [9.17, 15) is 19.2 Å². The molecule has 4 N–H and O–H groups in total. The van der Waals surface area contributed by atoms with Gasteiger partial charge in [0.05, 0.1) is 0 Å². The minimum absolute atomic E-state index is 0.542. The lowest BCUT2D eigenvalue weighted by atomic mass is 9.55. The first kappa shape index (κ1) is 11.7. The van der Waals surface area contributed by atoms with E-state index in [-0.39, 0.29) is 0 Å². The average Bonchev–Trinajstić information content (AvgIpc) is 1.98. The number of aliphatic carboxylic acids is 4. The molecule has 0 saturated carbocycles. The third-order valence-electron chi connectivity index (χ3n) is 2.55. The average molecular weight is 230 g/mol. The van der Waals surface area contributed by atoms with Crippen molar-refractivity contribution < 1.29 is 39.6 Å². The smallest absolute Gasteiger partial charge is 0.327 e. The molecular formula is C8H6O8. The van der Waals surface area contributed by atoms with E-state index < -0.39 is 34.7 Å². The van der Waals surface area contributed by atoms with Crippen LogP contribution >= 0.6 is 0 Å². The molecule has 8 nitrogen and oxygen atoms in total.